The molecular weight excluding hydrogens is 508 g/mol. The van der Waals surface area contributed by atoms with Gasteiger partial charge in [0.2, 0.25) is 5.95 Å². The average molecular weight is 525 g/mol. The van der Waals surface area contributed by atoms with E-state index in [0.29, 0.717) is 33.7 Å². The molecule has 5 heterocycles. The lowest BCUT2D eigenvalue weighted by Gasteiger charge is -2.39. The summed E-state index contributed by atoms with van der Waals surface area (Å²) in [6.07, 6.45) is 2.82. The lowest BCUT2D eigenvalue weighted by atomic mass is 9.77. The number of amides is 1. The number of nitriles is 1. The van der Waals surface area contributed by atoms with Gasteiger partial charge in [0, 0.05) is 47.3 Å². The molecule has 1 aromatic carbocycles. The molecule has 39 heavy (non-hydrogen) atoms. The number of aromatic nitrogens is 3. The molecular formula is C27H17F2N7O3. The fraction of sp³-hybridized carbons (Fsp3) is 0.111. The fourth-order valence-corrected chi connectivity index (χ4v) is 4.65. The molecule has 2 aliphatic rings. The standard InChI is InChI=1S/C27H17F2N7O3/c28-22-9-15(5-7-32-22)20-11-18-23(24(29)35-20)39-21-4-2-16(10-17(21)27(18)6-8-38-26(31)36-27)34-25(37)19-3-1-14(12-30)13-33-19/h1-5,7,9-11,13H,6,8H2,(H2,31,36)(H,34,37)/t27-/m0/s1. The van der Waals surface area contributed by atoms with E-state index in [1.807, 2.05) is 6.07 Å². The molecule has 0 saturated carbocycles. The van der Waals surface area contributed by atoms with E-state index in [0.717, 1.165) is 6.07 Å². The number of nitrogens with two attached hydrogens (primary N) is 1. The molecule has 192 valence electrons. The topological polar surface area (TPSA) is 148 Å². The molecule has 1 atom stereocenters. The Balaban J connectivity index is 1.46. The maximum Gasteiger partial charge on any atom is 0.283 e. The maximum atomic E-state index is 15.4. The predicted molar refractivity (Wildman–Crippen MR) is 134 cm³/mol. The van der Waals surface area contributed by atoms with Gasteiger partial charge in [-0.15, -0.1) is 0 Å². The molecule has 3 aromatic heterocycles. The first-order valence-electron chi connectivity index (χ1n) is 11.7. The number of nitrogens with one attached hydrogen (secondary N) is 1. The molecule has 0 saturated heterocycles. The van der Waals surface area contributed by atoms with Gasteiger partial charge in [-0.1, -0.05) is 0 Å². The van der Waals surface area contributed by atoms with E-state index < -0.39 is 23.3 Å². The Morgan fingerprint density at radius 3 is 2.72 bits per heavy atom. The van der Waals surface area contributed by atoms with Crippen LogP contribution >= 0.6 is 0 Å². The molecule has 12 heteroatoms. The number of benzene rings is 1. The van der Waals surface area contributed by atoms with Gasteiger partial charge in [-0.25, -0.2) is 19.9 Å². The first kappa shape index (κ1) is 23.9. The van der Waals surface area contributed by atoms with Gasteiger partial charge in [-0.2, -0.15) is 14.0 Å². The summed E-state index contributed by atoms with van der Waals surface area (Å²) in [6, 6.07) is 13.8. The first-order valence-corrected chi connectivity index (χ1v) is 11.7. The molecule has 0 fully saturated rings. The van der Waals surface area contributed by atoms with Crippen LogP contribution < -0.4 is 15.8 Å². The van der Waals surface area contributed by atoms with Crippen LogP contribution in [-0.2, 0) is 10.3 Å². The number of amidine groups is 1. The summed E-state index contributed by atoms with van der Waals surface area (Å²) in [5.74, 6) is -2.00. The molecule has 0 unspecified atom stereocenters. The SMILES string of the molecule is N#Cc1ccc(C(=O)Nc2ccc3c(c2)[C@@]2(CCOC(N)=N2)c2cc(-c4ccnc(F)c4)nc(F)c2O3)nc1. The van der Waals surface area contributed by atoms with E-state index in [1.54, 1.807) is 24.3 Å². The Morgan fingerprint density at radius 2 is 1.97 bits per heavy atom. The number of aliphatic imine (C=N–C) groups is 1. The van der Waals surface area contributed by atoms with Crippen molar-refractivity contribution in [2.75, 3.05) is 11.9 Å². The fourth-order valence-electron chi connectivity index (χ4n) is 4.65. The number of ether oxygens (including phenoxy) is 2. The predicted octanol–water partition coefficient (Wildman–Crippen LogP) is 4.03. The molecule has 10 nitrogen and oxygen atoms in total. The Bertz CT molecular complexity index is 1720. The first-order chi connectivity index (χ1) is 18.9. The summed E-state index contributed by atoms with van der Waals surface area (Å²) < 4.78 is 40.5. The van der Waals surface area contributed by atoms with Gasteiger partial charge in [0.25, 0.3) is 17.9 Å². The number of pyridine rings is 3. The third kappa shape index (κ3) is 4.15. The van der Waals surface area contributed by atoms with Crippen LogP contribution in [0.15, 0.2) is 65.9 Å². The van der Waals surface area contributed by atoms with Crippen LogP contribution in [0.5, 0.6) is 11.5 Å². The van der Waals surface area contributed by atoms with Gasteiger partial charge in [-0.3, -0.25) is 4.79 Å². The summed E-state index contributed by atoms with van der Waals surface area (Å²) in [4.78, 5) is 29.0. The second kappa shape index (κ2) is 9.14. The van der Waals surface area contributed by atoms with Gasteiger partial charge >= 0.3 is 0 Å². The van der Waals surface area contributed by atoms with Crippen molar-refractivity contribution in [3.8, 4) is 28.8 Å². The quantitative estimate of drug-likeness (QED) is 0.381. The summed E-state index contributed by atoms with van der Waals surface area (Å²) >= 11 is 0. The number of hydrogen-bond donors (Lipinski definition) is 2. The third-order valence-electron chi connectivity index (χ3n) is 6.43. The van der Waals surface area contributed by atoms with E-state index in [1.165, 1.54) is 30.6 Å². The van der Waals surface area contributed by atoms with Crippen molar-refractivity contribution in [1.29, 1.82) is 5.26 Å². The zero-order valence-corrected chi connectivity index (χ0v) is 20.0. The van der Waals surface area contributed by atoms with Crippen LogP contribution in [0.25, 0.3) is 11.3 Å². The molecule has 1 amide bonds. The highest BCUT2D eigenvalue weighted by molar-refractivity contribution is 6.03. The van der Waals surface area contributed by atoms with Crippen molar-refractivity contribution in [3.05, 3.63) is 95.2 Å². The van der Waals surface area contributed by atoms with E-state index in [2.05, 4.69) is 25.3 Å². The van der Waals surface area contributed by atoms with Crippen molar-refractivity contribution in [1.82, 2.24) is 15.0 Å². The van der Waals surface area contributed by atoms with E-state index in [9.17, 15) is 9.18 Å². The smallest absolute Gasteiger partial charge is 0.283 e. The monoisotopic (exact) mass is 525 g/mol. The van der Waals surface area contributed by atoms with Crippen LogP contribution in [-0.4, -0.2) is 33.5 Å². The average Bonchev–Trinajstić information content (AvgIpc) is 2.94. The largest absolute Gasteiger partial charge is 0.465 e. The number of rotatable bonds is 3. The number of fused-ring (bicyclic) bond motifs is 4. The second-order valence-corrected chi connectivity index (χ2v) is 8.76. The normalized spacial score (nSPS) is 17.1. The third-order valence-corrected chi connectivity index (χ3v) is 6.43. The number of anilines is 1. The van der Waals surface area contributed by atoms with E-state index in [-0.39, 0.29) is 36.2 Å². The Hall–Kier alpha value is -5.44. The van der Waals surface area contributed by atoms with E-state index in [4.69, 9.17) is 20.5 Å². The van der Waals surface area contributed by atoms with Crippen LogP contribution in [0.3, 0.4) is 0 Å². The zero-order chi connectivity index (χ0) is 27.1. The van der Waals surface area contributed by atoms with Gasteiger partial charge in [0.05, 0.1) is 17.9 Å². The molecule has 6 rings (SSSR count). The van der Waals surface area contributed by atoms with Gasteiger partial charge in [-0.05, 0) is 42.5 Å². The highest BCUT2D eigenvalue weighted by atomic mass is 19.1. The number of carbonyl (C=O) groups excluding carboxylic acids is 1. The molecule has 3 N–H and O–H groups in total. The summed E-state index contributed by atoms with van der Waals surface area (Å²) in [5, 5.41) is 11.7. The number of carbonyl (C=O) groups is 1. The van der Waals surface area contributed by atoms with Crippen molar-refractivity contribution in [2.45, 2.75) is 12.0 Å². The van der Waals surface area contributed by atoms with E-state index >= 15 is 4.39 Å². The van der Waals surface area contributed by atoms with Crippen molar-refractivity contribution >= 4 is 17.6 Å². The number of halogens is 2. The molecule has 1 spiro atoms. The lowest BCUT2D eigenvalue weighted by molar-refractivity contribution is 0.102. The minimum absolute atomic E-state index is 0.106. The molecule has 2 aliphatic heterocycles. The molecule has 4 aromatic rings. The molecule has 0 radical (unpaired) electrons. The Morgan fingerprint density at radius 1 is 1.10 bits per heavy atom. The van der Waals surface area contributed by atoms with Crippen LogP contribution in [0.4, 0.5) is 14.5 Å². The van der Waals surface area contributed by atoms with Crippen molar-refractivity contribution in [3.63, 3.8) is 0 Å². The second-order valence-electron chi connectivity index (χ2n) is 8.76. The Labute approximate surface area is 219 Å². The van der Waals surface area contributed by atoms with Crippen LogP contribution in [0.1, 0.15) is 33.6 Å². The number of nitrogens with zero attached hydrogens (tertiary/aromatic N) is 5. The number of hydrogen-bond acceptors (Lipinski definition) is 9. The summed E-state index contributed by atoms with van der Waals surface area (Å²) in [6.45, 7) is 0.170. The minimum atomic E-state index is -1.25. The Kier molecular flexibility index (Phi) is 5.61. The summed E-state index contributed by atoms with van der Waals surface area (Å²) in [5.41, 5.74) is 6.86. The van der Waals surface area contributed by atoms with Crippen LogP contribution in [0, 0.1) is 23.2 Å². The highest BCUT2D eigenvalue weighted by Crippen LogP contribution is 2.53. The molecule has 0 aliphatic carbocycles. The van der Waals surface area contributed by atoms with Gasteiger partial charge in [0.1, 0.15) is 23.1 Å². The highest BCUT2D eigenvalue weighted by Gasteiger charge is 2.46. The molecule has 0 bridgehead atoms. The van der Waals surface area contributed by atoms with Gasteiger partial charge < -0.3 is 20.5 Å². The van der Waals surface area contributed by atoms with Crippen molar-refractivity contribution in [2.24, 2.45) is 10.7 Å². The maximum absolute atomic E-state index is 15.4. The van der Waals surface area contributed by atoms with Crippen LogP contribution in [0.2, 0.25) is 0 Å². The van der Waals surface area contributed by atoms with Crippen molar-refractivity contribution < 1.29 is 23.0 Å². The summed E-state index contributed by atoms with van der Waals surface area (Å²) in [7, 11) is 0. The van der Waals surface area contributed by atoms with Gasteiger partial charge in [0.15, 0.2) is 5.75 Å². The lowest BCUT2D eigenvalue weighted by Crippen LogP contribution is -2.39. The minimum Gasteiger partial charge on any atom is -0.465 e. The zero-order valence-electron chi connectivity index (χ0n) is 20.0.